The Labute approximate surface area is 260 Å². The van der Waals surface area contributed by atoms with Crippen LogP contribution in [0.25, 0.3) is 15.2 Å². The number of aryl methyl sites for hydroxylation is 1. The summed E-state index contributed by atoms with van der Waals surface area (Å²) in [5.74, 6) is -1.06. The van der Waals surface area contributed by atoms with Crippen molar-refractivity contribution < 1.29 is 28.5 Å². The highest BCUT2D eigenvalue weighted by Crippen LogP contribution is 2.34. The molecule has 45 heavy (non-hydrogen) atoms. The second-order valence-corrected chi connectivity index (χ2v) is 11.6. The second-order valence-electron chi connectivity index (χ2n) is 10.7. The second kappa shape index (κ2) is 13.1. The maximum Gasteiger partial charge on any atom is 0.333 e. The number of halogens is 1. The molecule has 1 N–H and O–H groups in total. The molecule has 236 valence electrons. The van der Waals surface area contributed by atoms with Crippen LogP contribution < -0.4 is 16.0 Å². The van der Waals surface area contributed by atoms with Crippen molar-refractivity contribution in [3.63, 3.8) is 0 Å². The van der Waals surface area contributed by atoms with Crippen molar-refractivity contribution in [1.82, 2.24) is 24.1 Å². The lowest BCUT2D eigenvalue weighted by Gasteiger charge is -2.27. The minimum Gasteiger partial charge on any atom is -0.496 e. The summed E-state index contributed by atoms with van der Waals surface area (Å²) in [6, 6.07) is 12.9. The highest BCUT2D eigenvalue weighted by Gasteiger charge is 2.37. The van der Waals surface area contributed by atoms with Gasteiger partial charge in [-0.15, -0.1) is 4.80 Å². The Morgan fingerprint density at radius 3 is 2.49 bits per heavy atom. The fraction of sp³-hybridized carbons (Fsp3) is 0.323. The number of rotatable bonds is 12. The zero-order valence-corrected chi connectivity index (χ0v) is 25.9. The smallest absolute Gasteiger partial charge is 0.333 e. The van der Waals surface area contributed by atoms with E-state index in [0.717, 1.165) is 21.5 Å². The van der Waals surface area contributed by atoms with Gasteiger partial charge in [-0.2, -0.15) is 10.2 Å². The highest BCUT2D eigenvalue weighted by atomic mass is 32.1. The van der Waals surface area contributed by atoms with Gasteiger partial charge in [-0.3, -0.25) is 9.36 Å². The molecule has 3 aromatic heterocycles. The molecule has 0 bridgehead atoms. The molecule has 2 aromatic carbocycles. The molecule has 14 heteroatoms. The molecule has 1 atom stereocenters. The maximum absolute atomic E-state index is 14.5. The van der Waals surface area contributed by atoms with E-state index in [1.807, 2.05) is 6.07 Å². The molecule has 0 aliphatic heterocycles. The summed E-state index contributed by atoms with van der Waals surface area (Å²) in [6.45, 7) is 3.82. The SMILES string of the molecule is COc1ccc(F)cc1[C@H](Cn1c(=O)n(C(C)(C)C(=O)OCc2ccccc2)c(=O)c2c(C)c(-n3nccn3)sc21)OCCO. The zero-order valence-electron chi connectivity index (χ0n) is 25.1. The number of carbonyl (C=O) groups excluding carboxylic acids is 1. The van der Waals surface area contributed by atoms with Crippen LogP contribution in [0.15, 0.2) is 70.5 Å². The van der Waals surface area contributed by atoms with Gasteiger partial charge in [0.2, 0.25) is 0 Å². The number of ether oxygens (including phenoxy) is 3. The average molecular weight is 638 g/mol. The number of hydrogen-bond acceptors (Lipinski definition) is 10. The van der Waals surface area contributed by atoms with E-state index < -0.39 is 34.7 Å². The van der Waals surface area contributed by atoms with E-state index in [1.54, 1.807) is 31.2 Å². The summed E-state index contributed by atoms with van der Waals surface area (Å²) in [7, 11) is 1.42. The lowest BCUT2D eigenvalue weighted by atomic mass is 10.0. The first-order chi connectivity index (χ1) is 21.6. The van der Waals surface area contributed by atoms with Gasteiger partial charge in [-0.05, 0) is 44.5 Å². The first-order valence-corrected chi connectivity index (χ1v) is 14.8. The Balaban J connectivity index is 1.70. The molecule has 5 aromatic rings. The predicted molar refractivity (Wildman–Crippen MR) is 164 cm³/mol. The number of hydrogen-bond donors (Lipinski definition) is 1. The number of carbonyl (C=O) groups is 1. The summed E-state index contributed by atoms with van der Waals surface area (Å²) < 4.78 is 33.6. The largest absolute Gasteiger partial charge is 0.496 e. The third-order valence-corrected chi connectivity index (χ3v) is 8.64. The normalized spacial score (nSPS) is 12.4. The van der Waals surface area contributed by atoms with Crippen LogP contribution in [0.4, 0.5) is 4.39 Å². The van der Waals surface area contributed by atoms with Crippen molar-refractivity contribution in [3.8, 4) is 10.8 Å². The van der Waals surface area contributed by atoms with Crippen molar-refractivity contribution in [1.29, 1.82) is 0 Å². The monoisotopic (exact) mass is 637 g/mol. The van der Waals surface area contributed by atoms with E-state index in [2.05, 4.69) is 10.2 Å². The number of esters is 1. The Kier molecular flexibility index (Phi) is 9.27. The summed E-state index contributed by atoms with van der Waals surface area (Å²) in [6.07, 6.45) is 1.96. The van der Waals surface area contributed by atoms with E-state index in [0.29, 0.717) is 16.3 Å². The molecular formula is C31H32FN5O7S. The molecule has 0 saturated carbocycles. The Morgan fingerprint density at radius 1 is 1.11 bits per heavy atom. The van der Waals surface area contributed by atoms with Crippen LogP contribution in [-0.2, 0) is 33.0 Å². The van der Waals surface area contributed by atoms with E-state index in [-0.39, 0.29) is 42.1 Å². The number of nitrogens with zero attached hydrogens (tertiary/aromatic N) is 5. The molecule has 0 radical (unpaired) electrons. The fourth-order valence-corrected chi connectivity index (χ4v) is 6.27. The van der Waals surface area contributed by atoms with E-state index in [9.17, 15) is 23.9 Å². The Bertz CT molecular complexity index is 1930. The Hall–Kier alpha value is -4.66. The van der Waals surface area contributed by atoms with Gasteiger partial charge in [0.05, 0.1) is 44.6 Å². The van der Waals surface area contributed by atoms with Crippen molar-refractivity contribution >= 4 is 27.5 Å². The van der Waals surface area contributed by atoms with Crippen LogP contribution in [0.3, 0.4) is 0 Å². The van der Waals surface area contributed by atoms with Crippen molar-refractivity contribution in [2.24, 2.45) is 0 Å². The number of aliphatic hydroxyl groups excluding tert-OH is 1. The molecular weight excluding hydrogens is 605 g/mol. The number of thiophene rings is 1. The van der Waals surface area contributed by atoms with Gasteiger partial charge >= 0.3 is 11.7 Å². The van der Waals surface area contributed by atoms with E-state index in [4.69, 9.17) is 14.2 Å². The maximum atomic E-state index is 14.5. The van der Waals surface area contributed by atoms with E-state index in [1.165, 1.54) is 60.9 Å². The topological polar surface area (TPSA) is 140 Å². The third kappa shape index (κ3) is 6.16. The summed E-state index contributed by atoms with van der Waals surface area (Å²) in [5, 5.41) is 18.6. The van der Waals surface area contributed by atoms with Crippen molar-refractivity contribution in [2.45, 2.75) is 45.6 Å². The molecule has 0 fully saturated rings. The lowest BCUT2D eigenvalue weighted by Crippen LogP contribution is -2.53. The van der Waals surface area contributed by atoms with Crippen LogP contribution in [0.1, 0.15) is 36.6 Å². The highest BCUT2D eigenvalue weighted by molar-refractivity contribution is 7.21. The van der Waals surface area contributed by atoms with Gasteiger partial charge in [-0.1, -0.05) is 41.7 Å². The van der Waals surface area contributed by atoms with Crippen molar-refractivity contribution in [2.75, 3.05) is 20.3 Å². The van der Waals surface area contributed by atoms with Crippen LogP contribution in [0.2, 0.25) is 0 Å². The van der Waals surface area contributed by atoms with Crippen LogP contribution in [0, 0.1) is 12.7 Å². The Morgan fingerprint density at radius 2 is 1.82 bits per heavy atom. The van der Waals surface area contributed by atoms with Gasteiger partial charge in [0, 0.05) is 11.1 Å². The standard InChI is InChI=1S/C31H32FN5O7S/c1-19-25-26(39)36(31(2,3)29(40)44-18-20-8-6-5-7-9-20)30(41)35(28(25)45-27(19)37-33-12-13-34-37)17-24(43-15-14-38)22-16-21(32)10-11-23(22)42-4/h5-13,16,24,38H,14-15,17-18H2,1-4H3/t24-/m0/s1. The molecule has 0 saturated heterocycles. The number of methoxy groups -OCH3 is 1. The molecule has 5 rings (SSSR count). The quantitative estimate of drug-likeness (QED) is 0.204. The zero-order chi connectivity index (χ0) is 32.3. The fourth-order valence-electron chi connectivity index (χ4n) is 5.05. The van der Waals surface area contributed by atoms with Crippen LogP contribution >= 0.6 is 11.3 Å². The first-order valence-electron chi connectivity index (χ1n) is 14.0. The molecule has 3 heterocycles. The predicted octanol–water partition coefficient (Wildman–Crippen LogP) is 3.49. The van der Waals surface area contributed by atoms with Gasteiger partial charge in [0.15, 0.2) is 0 Å². The van der Waals surface area contributed by atoms with Gasteiger partial charge < -0.3 is 19.3 Å². The minimum absolute atomic E-state index is 0.0582. The van der Waals surface area contributed by atoms with Gasteiger partial charge in [0.1, 0.15) is 39.6 Å². The first kappa shape index (κ1) is 31.8. The van der Waals surface area contributed by atoms with Gasteiger partial charge in [-0.25, -0.2) is 18.5 Å². The third-order valence-electron chi connectivity index (χ3n) is 7.36. The van der Waals surface area contributed by atoms with Crippen LogP contribution in [0.5, 0.6) is 5.75 Å². The van der Waals surface area contributed by atoms with Crippen molar-refractivity contribution in [3.05, 3.63) is 104 Å². The minimum atomic E-state index is -1.74. The summed E-state index contributed by atoms with van der Waals surface area (Å²) in [4.78, 5) is 43.7. The molecule has 0 spiro atoms. The molecule has 0 aliphatic carbocycles. The molecule has 12 nitrogen and oxygen atoms in total. The summed E-state index contributed by atoms with van der Waals surface area (Å²) >= 11 is 1.11. The number of fused-ring (bicyclic) bond motifs is 1. The van der Waals surface area contributed by atoms with E-state index >= 15 is 0 Å². The van der Waals surface area contributed by atoms with Gasteiger partial charge in [0.25, 0.3) is 5.56 Å². The van der Waals surface area contributed by atoms with Crippen LogP contribution in [-0.4, -0.2) is 55.5 Å². The number of aromatic nitrogens is 5. The molecule has 0 aliphatic rings. The lowest BCUT2D eigenvalue weighted by molar-refractivity contribution is -0.154. The summed E-state index contributed by atoms with van der Waals surface area (Å²) in [5.41, 5.74) is -1.75. The molecule has 0 amide bonds. The molecule has 0 unspecified atom stereocenters. The average Bonchev–Trinajstić information content (AvgIpc) is 3.68. The number of aliphatic hydroxyl groups is 1. The number of benzene rings is 2.